The van der Waals surface area contributed by atoms with Crippen molar-refractivity contribution in [2.45, 2.75) is 13.8 Å². The van der Waals surface area contributed by atoms with Crippen molar-refractivity contribution in [3.8, 4) is 11.5 Å². The second-order valence-electron chi connectivity index (χ2n) is 4.08. The van der Waals surface area contributed by atoms with Crippen molar-refractivity contribution in [3.63, 3.8) is 0 Å². The molecule has 0 fully saturated rings. The molecule has 0 aliphatic carbocycles. The lowest BCUT2D eigenvalue weighted by Crippen LogP contribution is -1.94. The van der Waals surface area contributed by atoms with E-state index in [9.17, 15) is 10.1 Å². The van der Waals surface area contributed by atoms with Crippen LogP contribution >= 0.6 is 11.6 Å². The lowest BCUT2D eigenvalue weighted by Gasteiger charge is -2.09. The molecule has 1 aromatic carbocycles. The van der Waals surface area contributed by atoms with E-state index in [-0.39, 0.29) is 5.69 Å². The van der Waals surface area contributed by atoms with Gasteiger partial charge >= 0.3 is 0 Å². The van der Waals surface area contributed by atoms with Crippen molar-refractivity contribution < 1.29 is 9.66 Å². The molecule has 2 rings (SSSR count). The van der Waals surface area contributed by atoms with Crippen LogP contribution in [-0.2, 0) is 0 Å². The molecular formula is C13H11ClN2O3. The van der Waals surface area contributed by atoms with E-state index in [1.54, 1.807) is 31.3 Å². The minimum Gasteiger partial charge on any atom is -0.457 e. The highest BCUT2D eigenvalue weighted by atomic mass is 35.5. The molecule has 0 saturated heterocycles. The second kappa shape index (κ2) is 5.24. The summed E-state index contributed by atoms with van der Waals surface area (Å²) >= 11 is 5.79. The summed E-state index contributed by atoms with van der Waals surface area (Å²) in [5.74, 6) is 0.917. The number of nitro benzene ring substituents is 1. The van der Waals surface area contributed by atoms with E-state index in [4.69, 9.17) is 16.3 Å². The van der Waals surface area contributed by atoms with Gasteiger partial charge in [-0.05, 0) is 26.0 Å². The smallest absolute Gasteiger partial charge is 0.276 e. The summed E-state index contributed by atoms with van der Waals surface area (Å²) in [6.45, 7) is 3.50. The third kappa shape index (κ3) is 3.00. The lowest BCUT2D eigenvalue weighted by atomic mass is 10.2. The van der Waals surface area contributed by atoms with Crippen molar-refractivity contribution >= 4 is 17.3 Å². The maximum atomic E-state index is 10.9. The lowest BCUT2D eigenvalue weighted by molar-refractivity contribution is -0.385. The first-order valence-corrected chi connectivity index (χ1v) is 5.90. The van der Waals surface area contributed by atoms with Gasteiger partial charge in [0.1, 0.15) is 16.7 Å². The summed E-state index contributed by atoms with van der Waals surface area (Å²) in [7, 11) is 0. The highest BCUT2D eigenvalue weighted by molar-refractivity contribution is 6.29. The molecule has 0 saturated carbocycles. The van der Waals surface area contributed by atoms with Gasteiger partial charge in [-0.15, -0.1) is 0 Å². The fourth-order valence-electron chi connectivity index (χ4n) is 1.57. The summed E-state index contributed by atoms with van der Waals surface area (Å²) in [6.07, 6.45) is 1.58. The van der Waals surface area contributed by atoms with Gasteiger partial charge in [0.25, 0.3) is 5.69 Å². The number of aromatic nitrogens is 1. The number of pyridine rings is 1. The molecule has 1 heterocycles. The number of benzene rings is 1. The average Bonchev–Trinajstić information content (AvgIpc) is 2.36. The number of aryl methyl sites for hydroxylation is 2. The van der Waals surface area contributed by atoms with Crippen LogP contribution in [-0.4, -0.2) is 9.91 Å². The molecular weight excluding hydrogens is 268 g/mol. The maximum absolute atomic E-state index is 10.9. The zero-order valence-corrected chi connectivity index (χ0v) is 11.1. The normalized spacial score (nSPS) is 10.3. The number of ether oxygens (including phenoxy) is 1. The Balaban J connectivity index is 2.36. The van der Waals surface area contributed by atoms with Crippen molar-refractivity contribution in [2.24, 2.45) is 0 Å². The Morgan fingerprint density at radius 1 is 1.26 bits per heavy atom. The fraction of sp³-hybridized carbons (Fsp3) is 0.154. The second-order valence-corrected chi connectivity index (χ2v) is 4.47. The van der Waals surface area contributed by atoms with Gasteiger partial charge in [-0.1, -0.05) is 11.6 Å². The van der Waals surface area contributed by atoms with Gasteiger partial charge < -0.3 is 4.74 Å². The molecule has 0 amide bonds. The molecule has 0 radical (unpaired) electrons. The standard InChI is InChI=1S/C13H11ClN2O3/c1-8-3-4-10(5-11(8)16(17)18)19-12-6-13(14)15-7-9(12)2/h3-7H,1-2H3. The minimum atomic E-state index is -0.436. The number of rotatable bonds is 3. The van der Waals surface area contributed by atoms with E-state index in [1.807, 2.05) is 6.92 Å². The summed E-state index contributed by atoms with van der Waals surface area (Å²) in [4.78, 5) is 14.3. The minimum absolute atomic E-state index is 0.0234. The Labute approximate surface area is 115 Å². The van der Waals surface area contributed by atoms with Crippen molar-refractivity contribution in [1.29, 1.82) is 0 Å². The molecule has 0 bridgehead atoms. The van der Waals surface area contributed by atoms with Crippen LogP contribution in [0.5, 0.6) is 11.5 Å². The Bertz CT molecular complexity index is 644. The zero-order valence-electron chi connectivity index (χ0n) is 10.4. The first-order valence-electron chi connectivity index (χ1n) is 5.52. The summed E-state index contributed by atoms with van der Waals surface area (Å²) < 4.78 is 5.61. The third-order valence-corrected chi connectivity index (χ3v) is 2.83. The third-order valence-electron chi connectivity index (χ3n) is 2.63. The van der Waals surface area contributed by atoms with E-state index >= 15 is 0 Å². The number of hydrogen-bond donors (Lipinski definition) is 0. The molecule has 0 N–H and O–H groups in total. The molecule has 5 nitrogen and oxygen atoms in total. The van der Waals surface area contributed by atoms with Gasteiger partial charge in [-0.2, -0.15) is 0 Å². The quantitative estimate of drug-likeness (QED) is 0.482. The summed E-state index contributed by atoms with van der Waals surface area (Å²) in [5, 5.41) is 11.2. The molecule has 0 unspecified atom stereocenters. The van der Waals surface area contributed by atoms with E-state index in [0.29, 0.717) is 22.2 Å². The average molecular weight is 279 g/mol. The van der Waals surface area contributed by atoms with Crippen molar-refractivity contribution in [2.75, 3.05) is 0 Å². The van der Waals surface area contributed by atoms with E-state index in [1.165, 1.54) is 6.07 Å². The predicted octanol–water partition coefficient (Wildman–Crippen LogP) is 4.05. The molecule has 0 atom stereocenters. The molecule has 1 aromatic heterocycles. The maximum Gasteiger partial charge on any atom is 0.276 e. The highest BCUT2D eigenvalue weighted by Gasteiger charge is 2.12. The van der Waals surface area contributed by atoms with Crippen LogP contribution < -0.4 is 4.74 Å². The van der Waals surface area contributed by atoms with Gasteiger partial charge in [0.15, 0.2) is 0 Å². The number of hydrogen-bond acceptors (Lipinski definition) is 4. The zero-order chi connectivity index (χ0) is 14.0. The van der Waals surface area contributed by atoms with E-state index in [0.717, 1.165) is 5.56 Å². The molecule has 19 heavy (non-hydrogen) atoms. The van der Waals surface area contributed by atoms with Crippen LogP contribution in [0.4, 0.5) is 5.69 Å². The van der Waals surface area contributed by atoms with Crippen molar-refractivity contribution in [1.82, 2.24) is 4.98 Å². The molecule has 98 valence electrons. The van der Waals surface area contributed by atoms with Gasteiger partial charge in [-0.25, -0.2) is 4.98 Å². The Morgan fingerprint density at radius 3 is 2.68 bits per heavy atom. The Hall–Kier alpha value is -2.14. The monoisotopic (exact) mass is 278 g/mol. The number of halogens is 1. The van der Waals surface area contributed by atoms with Crippen LogP contribution in [0.15, 0.2) is 30.5 Å². The summed E-state index contributed by atoms with van der Waals surface area (Å²) in [6, 6.07) is 6.29. The largest absolute Gasteiger partial charge is 0.457 e. The molecule has 0 aliphatic heterocycles. The van der Waals surface area contributed by atoms with Gasteiger partial charge in [0, 0.05) is 23.4 Å². The summed E-state index contributed by atoms with van der Waals surface area (Å²) in [5.41, 5.74) is 1.41. The van der Waals surface area contributed by atoms with E-state index < -0.39 is 4.92 Å². The fourth-order valence-corrected chi connectivity index (χ4v) is 1.72. The van der Waals surface area contributed by atoms with Crippen LogP contribution in [0.1, 0.15) is 11.1 Å². The molecule has 2 aromatic rings. The highest BCUT2D eigenvalue weighted by Crippen LogP contribution is 2.30. The first kappa shape index (κ1) is 13.3. The van der Waals surface area contributed by atoms with Crippen LogP contribution in [0.2, 0.25) is 5.15 Å². The number of nitro groups is 1. The Kier molecular flexibility index (Phi) is 3.66. The van der Waals surface area contributed by atoms with Gasteiger partial charge in [0.2, 0.25) is 0 Å². The van der Waals surface area contributed by atoms with Gasteiger partial charge in [-0.3, -0.25) is 10.1 Å². The van der Waals surface area contributed by atoms with Crippen molar-refractivity contribution in [3.05, 3.63) is 56.9 Å². The topological polar surface area (TPSA) is 65.3 Å². The molecule has 6 heteroatoms. The first-order chi connectivity index (χ1) is 8.97. The number of nitrogens with zero attached hydrogens (tertiary/aromatic N) is 2. The van der Waals surface area contributed by atoms with Crippen LogP contribution in [0, 0.1) is 24.0 Å². The Morgan fingerprint density at radius 2 is 2.00 bits per heavy atom. The van der Waals surface area contributed by atoms with Gasteiger partial charge in [0.05, 0.1) is 11.0 Å². The SMILES string of the molecule is Cc1cnc(Cl)cc1Oc1ccc(C)c([N+](=O)[O-])c1. The van der Waals surface area contributed by atoms with E-state index in [2.05, 4.69) is 4.98 Å². The van der Waals surface area contributed by atoms with Crippen LogP contribution in [0.3, 0.4) is 0 Å². The molecule has 0 aliphatic rings. The van der Waals surface area contributed by atoms with Crippen LogP contribution in [0.25, 0.3) is 0 Å². The predicted molar refractivity (Wildman–Crippen MR) is 71.9 cm³/mol. The molecule has 0 spiro atoms.